The Morgan fingerprint density at radius 2 is 1.77 bits per heavy atom. The van der Waals surface area contributed by atoms with Gasteiger partial charge in [-0.25, -0.2) is 10.9 Å². The van der Waals surface area contributed by atoms with Crippen molar-refractivity contribution in [2.24, 2.45) is 11.6 Å². The second-order valence-electron chi connectivity index (χ2n) is 3.00. The average molecular weight is 178 g/mol. The maximum Gasteiger partial charge on any atom is 0.207 e. The molecule has 0 unspecified atom stereocenters. The van der Waals surface area contributed by atoms with E-state index in [1.807, 2.05) is 32.0 Å². The molecule has 0 heterocycles. The lowest BCUT2D eigenvalue weighted by Crippen LogP contribution is -2.43. The van der Waals surface area contributed by atoms with E-state index in [1.54, 1.807) is 0 Å². The van der Waals surface area contributed by atoms with E-state index < -0.39 is 0 Å². The lowest BCUT2D eigenvalue weighted by atomic mass is 10.1. The lowest BCUT2D eigenvalue weighted by molar-refractivity contribution is 1.07. The first kappa shape index (κ1) is 9.54. The first-order valence-electron chi connectivity index (χ1n) is 3.99. The van der Waals surface area contributed by atoms with E-state index in [9.17, 15) is 0 Å². The van der Waals surface area contributed by atoms with Crippen LogP contribution in [0.1, 0.15) is 11.1 Å². The fraction of sp³-hybridized carbons (Fsp3) is 0.222. The van der Waals surface area contributed by atoms with E-state index in [0.717, 1.165) is 16.8 Å². The zero-order valence-electron chi connectivity index (χ0n) is 7.83. The number of aryl methyl sites for hydroxylation is 2. The largest absolute Gasteiger partial charge is 0.369 e. The lowest BCUT2D eigenvalue weighted by Gasteiger charge is -2.20. The summed E-state index contributed by atoms with van der Waals surface area (Å²) in [5.41, 5.74) is 8.11. The predicted molar refractivity (Wildman–Crippen MR) is 54.5 cm³/mol. The fourth-order valence-electron chi connectivity index (χ4n) is 1.31. The zero-order chi connectivity index (χ0) is 10.0. The summed E-state index contributed by atoms with van der Waals surface area (Å²) in [6.07, 6.45) is 0. The molecule has 0 bridgehead atoms. The van der Waals surface area contributed by atoms with Crippen molar-refractivity contribution in [1.82, 2.24) is 0 Å². The summed E-state index contributed by atoms with van der Waals surface area (Å²) in [6.45, 7) is 3.87. The third-order valence-corrected chi connectivity index (χ3v) is 1.94. The molecule has 0 amide bonds. The van der Waals surface area contributed by atoms with Crippen LogP contribution in [0.15, 0.2) is 18.2 Å². The number of para-hydroxylation sites is 1. The standard InChI is InChI=1S/C9H14N4/c1-6-4-3-5-7(2)8(6)13(12)9(10)11/h3-5H,12H2,1-2H3,(H3,10,11). The minimum atomic E-state index is -0.155. The van der Waals surface area contributed by atoms with Gasteiger partial charge in [0.05, 0.1) is 5.69 Å². The number of nitrogens with two attached hydrogens (primary N) is 2. The molecular formula is C9H14N4. The Kier molecular flexibility index (Phi) is 2.53. The smallest absolute Gasteiger partial charge is 0.207 e. The Balaban J connectivity index is 3.20. The average Bonchev–Trinajstić information content (AvgIpc) is 2.03. The number of hydrazine groups is 1. The normalized spacial score (nSPS) is 9.77. The van der Waals surface area contributed by atoms with Gasteiger partial charge < -0.3 is 5.73 Å². The summed E-state index contributed by atoms with van der Waals surface area (Å²) in [6, 6.07) is 5.82. The van der Waals surface area contributed by atoms with Crippen LogP contribution in [0, 0.1) is 19.3 Å². The third-order valence-electron chi connectivity index (χ3n) is 1.94. The van der Waals surface area contributed by atoms with Crippen molar-refractivity contribution in [2.75, 3.05) is 5.01 Å². The van der Waals surface area contributed by atoms with Gasteiger partial charge in [-0.3, -0.25) is 5.41 Å². The molecule has 4 nitrogen and oxygen atoms in total. The third kappa shape index (κ3) is 1.78. The van der Waals surface area contributed by atoms with Gasteiger partial charge in [-0.05, 0) is 25.0 Å². The van der Waals surface area contributed by atoms with Crippen molar-refractivity contribution in [3.05, 3.63) is 29.3 Å². The van der Waals surface area contributed by atoms with Crippen LogP contribution in [-0.4, -0.2) is 5.96 Å². The first-order chi connectivity index (χ1) is 6.04. The van der Waals surface area contributed by atoms with Crippen LogP contribution in [0.3, 0.4) is 0 Å². The molecule has 0 fully saturated rings. The highest BCUT2D eigenvalue weighted by Crippen LogP contribution is 2.21. The van der Waals surface area contributed by atoms with E-state index in [-0.39, 0.29) is 5.96 Å². The van der Waals surface area contributed by atoms with Gasteiger partial charge in [0.2, 0.25) is 5.96 Å². The van der Waals surface area contributed by atoms with Gasteiger partial charge in [-0.2, -0.15) is 0 Å². The fourth-order valence-corrected chi connectivity index (χ4v) is 1.31. The van der Waals surface area contributed by atoms with Crippen molar-refractivity contribution in [3.63, 3.8) is 0 Å². The van der Waals surface area contributed by atoms with Crippen molar-refractivity contribution in [2.45, 2.75) is 13.8 Å². The Morgan fingerprint density at radius 1 is 1.31 bits per heavy atom. The molecule has 1 aromatic carbocycles. The minimum absolute atomic E-state index is 0.155. The van der Waals surface area contributed by atoms with Crippen molar-refractivity contribution >= 4 is 11.6 Å². The molecule has 0 aliphatic carbocycles. The van der Waals surface area contributed by atoms with Crippen molar-refractivity contribution in [1.29, 1.82) is 5.41 Å². The Hall–Kier alpha value is -1.55. The molecular weight excluding hydrogens is 164 g/mol. The van der Waals surface area contributed by atoms with E-state index in [2.05, 4.69) is 0 Å². The summed E-state index contributed by atoms with van der Waals surface area (Å²) < 4.78 is 0. The second kappa shape index (κ2) is 3.45. The molecule has 0 aliphatic heterocycles. The molecule has 13 heavy (non-hydrogen) atoms. The van der Waals surface area contributed by atoms with Gasteiger partial charge in [-0.1, -0.05) is 18.2 Å². The highest BCUT2D eigenvalue weighted by Gasteiger charge is 2.09. The number of hydrogen-bond acceptors (Lipinski definition) is 2. The van der Waals surface area contributed by atoms with Gasteiger partial charge >= 0.3 is 0 Å². The maximum absolute atomic E-state index is 7.21. The molecule has 0 radical (unpaired) electrons. The summed E-state index contributed by atoms with van der Waals surface area (Å²) in [5, 5.41) is 8.40. The number of nitrogens with one attached hydrogen (secondary N) is 1. The highest BCUT2D eigenvalue weighted by molar-refractivity contribution is 5.92. The number of guanidine groups is 1. The SMILES string of the molecule is Cc1cccc(C)c1N(N)C(=N)N. The number of anilines is 1. The zero-order valence-corrected chi connectivity index (χ0v) is 7.83. The summed E-state index contributed by atoms with van der Waals surface area (Å²) in [4.78, 5) is 0. The van der Waals surface area contributed by atoms with Crippen LogP contribution in [0.25, 0.3) is 0 Å². The van der Waals surface area contributed by atoms with E-state index in [1.165, 1.54) is 5.01 Å². The van der Waals surface area contributed by atoms with Crippen LogP contribution in [0.5, 0.6) is 0 Å². The molecule has 5 N–H and O–H groups in total. The number of rotatable bonds is 1. The molecule has 1 aromatic rings. The molecule has 0 saturated carbocycles. The summed E-state index contributed by atoms with van der Waals surface area (Å²) >= 11 is 0. The monoisotopic (exact) mass is 178 g/mol. The molecule has 70 valence electrons. The number of nitrogens with zero attached hydrogens (tertiary/aromatic N) is 1. The van der Waals surface area contributed by atoms with Gasteiger partial charge in [0.15, 0.2) is 0 Å². The van der Waals surface area contributed by atoms with E-state index in [4.69, 9.17) is 17.0 Å². The molecule has 4 heteroatoms. The Labute approximate surface area is 77.6 Å². The van der Waals surface area contributed by atoms with Crippen LogP contribution in [-0.2, 0) is 0 Å². The molecule has 0 atom stereocenters. The second-order valence-corrected chi connectivity index (χ2v) is 3.00. The minimum Gasteiger partial charge on any atom is -0.369 e. The van der Waals surface area contributed by atoms with Gasteiger partial charge in [0, 0.05) is 0 Å². The van der Waals surface area contributed by atoms with E-state index in [0.29, 0.717) is 0 Å². The molecule has 1 rings (SSSR count). The topological polar surface area (TPSA) is 79.1 Å². The molecule has 0 aliphatic rings. The highest BCUT2D eigenvalue weighted by atomic mass is 15.5. The van der Waals surface area contributed by atoms with Gasteiger partial charge in [0.25, 0.3) is 0 Å². The van der Waals surface area contributed by atoms with Crippen LogP contribution in [0.2, 0.25) is 0 Å². The first-order valence-corrected chi connectivity index (χ1v) is 3.99. The van der Waals surface area contributed by atoms with Crippen molar-refractivity contribution < 1.29 is 0 Å². The van der Waals surface area contributed by atoms with Crippen LogP contribution < -0.4 is 16.6 Å². The summed E-state index contributed by atoms with van der Waals surface area (Å²) in [5.74, 6) is 5.47. The number of benzene rings is 1. The van der Waals surface area contributed by atoms with E-state index >= 15 is 0 Å². The molecule has 0 aromatic heterocycles. The molecule has 0 saturated heterocycles. The maximum atomic E-state index is 7.21. The van der Waals surface area contributed by atoms with Crippen molar-refractivity contribution in [3.8, 4) is 0 Å². The predicted octanol–water partition coefficient (Wildman–Crippen LogP) is 0.877. The quantitative estimate of drug-likeness (QED) is 0.258. The Morgan fingerprint density at radius 3 is 2.15 bits per heavy atom. The van der Waals surface area contributed by atoms with Gasteiger partial charge in [-0.15, -0.1) is 0 Å². The summed E-state index contributed by atoms with van der Waals surface area (Å²) in [7, 11) is 0. The molecule has 0 spiro atoms. The van der Waals surface area contributed by atoms with Crippen LogP contribution in [0.4, 0.5) is 5.69 Å². The number of hydrogen-bond donors (Lipinski definition) is 3. The Bertz CT molecular complexity index is 312. The van der Waals surface area contributed by atoms with Crippen LogP contribution >= 0.6 is 0 Å². The van der Waals surface area contributed by atoms with Gasteiger partial charge in [0.1, 0.15) is 0 Å².